The van der Waals surface area contributed by atoms with Crippen molar-refractivity contribution in [2.24, 2.45) is 0 Å². The number of hydrogen-bond acceptors (Lipinski definition) is 4. The van der Waals surface area contributed by atoms with E-state index in [0.717, 1.165) is 12.8 Å². The maximum Gasteiger partial charge on any atom is 0.338 e. The monoisotopic (exact) mass is 293 g/mol. The van der Waals surface area contributed by atoms with E-state index in [4.69, 9.17) is 0 Å². The Morgan fingerprint density at radius 2 is 1.86 bits per heavy atom. The number of rotatable bonds is 9. The first-order chi connectivity index (χ1) is 10.1. The van der Waals surface area contributed by atoms with Gasteiger partial charge in [-0.1, -0.05) is 45.1 Å². The molecular weight excluding hydrogens is 270 g/mol. The molecule has 0 saturated carbocycles. The summed E-state index contributed by atoms with van der Waals surface area (Å²) in [6.45, 7) is 2.17. The molecule has 1 rings (SSSR count). The summed E-state index contributed by atoms with van der Waals surface area (Å²) in [5, 5.41) is 11.1. The van der Waals surface area contributed by atoms with E-state index in [0.29, 0.717) is 12.0 Å². The van der Waals surface area contributed by atoms with Crippen molar-refractivity contribution in [3.05, 3.63) is 39.4 Å². The quantitative estimate of drug-likeness (QED) is 0.295. The second-order valence-corrected chi connectivity index (χ2v) is 5.11. The highest BCUT2D eigenvalue weighted by Gasteiger charge is 2.17. The predicted molar refractivity (Wildman–Crippen MR) is 81.5 cm³/mol. The van der Waals surface area contributed by atoms with Crippen molar-refractivity contribution >= 4 is 11.7 Å². The lowest BCUT2D eigenvalue weighted by Crippen LogP contribution is -2.04. The van der Waals surface area contributed by atoms with Crippen LogP contribution in [-0.4, -0.2) is 18.0 Å². The van der Waals surface area contributed by atoms with E-state index in [1.54, 1.807) is 12.1 Å². The maximum atomic E-state index is 11.4. The zero-order valence-electron chi connectivity index (χ0n) is 12.8. The average Bonchev–Trinajstić information content (AvgIpc) is 2.49. The van der Waals surface area contributed by atoms with Crippen LogP contribution >= 0.6 is 0 Å². The summed E-state index contributed by atoms with van der Waals surface area (Å²) in [5.74, 6) is -0.552. The summed E-state index contributed by atoms with van der Waals surface area (Å²) in [4.78, 5) is 22.1. The number of nitro groups is 1. The highest BCUT2D eigenvalue weighted by molar-refractivity contribution is 5.90. The Morgan fingerprint density at radius 3 is 2.48 bits per heavy atom. The van der Waals surface area contributed by atoms with Gasteiger partial charge in [-0.3, -0.25) is 10.1 Å². The van der Waals surface area contributed by atoms with Crippen LogP contribution in [-0.2, 0) is 11.2 Å². The van der Waals surface area contributed by atoms with E-state index in [1.165, 1.54) is 38.9 Å². The van der Waals surface area contributed by atoms with E-state index in [2.05, 4.69) is 11.7 Å². The molecule has 0 N–H and O–H groups in total. The van der Waals surface area contributed by atoms with Crippen LogP contribution in [0.25, 0.3) is 0 Å². The molecule has 0 radical (unpaired) electrons. The molecule has 1 aromatic rings. The van der Waals surface area contributed by atoms with Crippen molar-refractivity contribution in [2.75, 3.05) is 7.11 Å². The molecule has 5 nitrogen and oxygen atoms in total. The van der Waals surface area contributed by atoms with Crippen LogP contribution in [0.15, 0.2) is 18.2 Å². The Balaban J connectivity index is 2.65. The van der Waals surface area contributed by atoms with Crippen molar-refractivity contribution in [2.45, 2.75) is 51.9 Å². The number of carbonyl (C=O) groups is 1. The number of esters is 1. The first kappa shape index (κ1) is 17.1. The minimum atomic E-state index is -0.552. The van der Waals surface area contributed by atoms with E-state index in [1.807, 2.05) is 0 Å². The third kappa shape index (κ3) is 5.53. The molecule has 0 aliphatic rings. The van der Waals surface area contributed by atoms with E-state index >= 15 is 0 Å². The molecule has 0 fully saturated rings. The normalized spacial score (nSPS) is 10.4. The molecule has 0 saturated heterocycles. The smallest absolute Gasteiger partial charge is 0.338 e. The fraction of sp³-hybridized carbons (Fsp3) is 0.562. The van der Waals surface area contributed by atoms with Crippen molar-refractivity contribution in [1.29, 1.82) is 0 Å². The van der Waals surface area contributed by atoms with Crippen molar-refractivity contribution in [3.8, 4) is 0 Å². The zero-order valence-corrected chi connectivity index (χ0v) is 12.8. The van der Waals surface area contributed by atoms with E-state index in [9.17, 15) is 14.9 Å². The Labute approximate surface area is 125 Å². The van der Waals surface area contributed by atoms with Crippen LogP contribution in [0.2, 0.25) is 0 Å². The van der Waals surface area contributed by atoms with Gasteiger partial charge in [0.15, 0.2) is 0 Å². The van der Waals surface area contributed by atoms with Gasteiger partial charge in [0.1, 0.15) is 0 Å². The number of hydrogen-bond donors (Lipinski definition) is 0. The second-order valence-electron chi connectivity index (χ2n) is 5.11. The third-order valence-corrected chi connectivity index (χ3v) is 3.50. The SMILES string of the molecule is CCCCCCCCc1ccc(C(=O)OC)cc1[N+](=O)[O-]. The van der Waals surface area contributed by atoms with Gasteiger partial charge in [0, 0.05) is 11.6 Å². The van der Waals surface area contributed by atoms with Gasteiger partial charge in [0.05, 0.1) is 17.6 Å². The lowest BCUT2D eigenvalue weighted by atomic mass is 10.0. The van der Waals surface area contributed by atoms with Crippen molar-refractivity contribution in [3.63, 3.8) is 0 Å². The molecule has 0 aliphatic carbocycles. The van der Waals surface area contributed by atoms with Crippen LogP contribution in [0.1, 0.15) is 61.4 Å². The topological polar surface area (TPSA) is 69.4 Å². The minimum absolute atomic E-state index is 0.00598. The molecule has 0 atom stereocenters. The summed E-state index contributed by atoms with van der Waals surface area (Å²) in [6, 6.07) is 4.56. The third-order valence-electron chi connectivity index (χ3n) is 3.50. The van der Waals surface area contributed by atoms with Crippen LogP contribution in [0.3, 0.4) is 0 Å². The van der Waals surface area contributed by atoms with Crippen LogP contribution in [0.5, 0.6) is 0 Å². The number of nitrogens with zero attached hydrogens (tertiary/aromatic N) is 1. The van der Waals surface area contributed by atoms with Gasteiger partial charge in [-0.05, 0) is 18.9 Å². The lowest BCUT2D eigenvalue weighted by molar-refractivity contribution is -0.385. The Kier molecular flexibility index (Phi) is 7.43. The Bertz CT molecular complexity index is 485. The Hall–Kier alpha value is -1.91. The molecule has 5 heteroatoms. The molecule has 1 aromatic carbocycles. The first-order valence-electron chi connectivity index (χ1n) is 7.45. The number of carbonyl (C=O) groups excluding carboxylic acids is 1. The average molecular weight is 293 g/mol. The van der Waals surface area contributed by atoms with Gasteiger partial charge in [-0.15, -0.1) is 0 Å². The lowest BCUT2D eigenvalue weighted by Gasteiger charge is -2.05. The number of methoxy groups -OCH3 is 1. The highest BCUT2D eigenvalue weighted by atomic mass is 16.6. The number of aryl methyl sites for hydroxylation is 1. The molecular formula is C16H23NO4. The Morgan fingerprint density at radius 1 is 1.19 bits per heavy atom. The largest absolute Gasteiger partial charge is 0.465 e. The van der Waals surface area contributed by atoms with Gasteiger partial charge in [0.25, 0.3) is 5.69 Å². The van der Waals surface area contributed by atoms with Crippen LogP contribution in [0, 0.1) is 10.1 Å². The molecule has 0 spiro atoms. The molecule has 0 aliphatic heterocycles. The summed E-state index contributed by atoms with van der Waals surface area (Å²) in [5.41, 5.74) is 0.908. The van der Waals surface area contributed by atoms with Gasteiger partial charge in [0.2, 0.25) is 0 Å². The van der Waals surface area contributed by atoms with Crippen molar-refractivity contribution < 1.29 is 14.5 Å². The van der Waals surface area contributed by atoms with Crippen LogP contribution in [0.4, 0.5) is 5.69 Å². The van der Waals surface area contributed by atoms with Gasteiger partial charge < -0.3 is 4.74 Å². The standard InChI is InChI=1S/C16H23NO4/c1-3-4-5-6-7-8-9-13-10-11-14(16(18)21-2)12-15(13)17(19)20/h10-12H,3-9H2,1-2H3. The van der Waals surface area contributed by atoms with E-state index in [-0.39, 0.29) is 11.3 Å². The van der Waals surface area contributed by atoms with Gasteiger partial charge in [-0.2, -0.15) is 0 Å². The molecule has 0 heterocycles. The fourth-order valence-corrected chi connectivity index (χ4v) is 2.29. The summed E-state index contributed by atoms with van der Waals surface area (Å²) in [7, 11) is 1.26. The molecule has 0 amide bonds. The number of benzene rings is 1. The minimum Gasteiger partial charge on any atom is -0.465 e. The molecule has 0 unspecified atom stereocenters. The van der Waals surface area contributed by atoms with Gasteiger partial charge in [-0.25, -0.2) is 4.79 Å². The first-order valence-corrected chi connectivity index (χ1v) is 7.45. The van der Waals surface area contributed by atoms with Crippen molar-refractivity contribution in [1.82, 2.24) is 0 Å². The summed E-state index contributed by atoms with van der Waals surface area (Å²) >= 11 is 0. The molecule has 0 bridgehead atoms. The number of nitro benzene ring substituents is 1. The van der Waals surface area contributed by atoms with E-state index < -0.39 is 10.9 Å². The summed E-state index contributed by atoms with van der Waals surface area (Å²) in [6.07, 6.45) is 7.53. The predicted octanol–water partition coefficient (Wildman–Crippen LogP) is 4.28. The number of unbranched alkanes of at least 4 members (excludes halogenated alkanes) is 5. The fourth-order valence-electron chi connectivity index (χ4n) is 2.29. The van der Waals surface area contributed by atoms with Crippen LogP contribution < -0.4 is 0 Å². The highest BCUT2D eigenvalue weighted by Crippen LogP contribution is 2.23. The zero-order chi connectivity index (χ0) is 15.7. The molecule has 21 heavy (non-hydrogen) atoms. The maximum absolute atomic E-state index is 11.4. The molecule has 116 valence electrons. The van der Waals surface area contributed by atoms with Gasteiger partial charge >= 0.3 is 5.97 Å². The number of ether oxygens (including phenoxy) is 1. The molecule has 0 aromatic heterocycles. The second kappa shape index (κ2) is 9.10. The summed E-state index contributed by atoms with van der Waals surface area (Å²) < 4.78 is 4.59.